The second kappa shape index (κ2) is 9.06. The number of halogens is 1. The molecular weight excluding hydrogens is 437 g/mol. The van der Waals surface area contributed by atoms with Crippen molar-refractivity contribution in [2.75, 3.05) is 0 Å². The summed E-state index contributed by atoms with van der Waals surface area (Å²) in [6, 6.07) is 6.44. The number of carbonyl (C=O) groups is 1. The van der Waals surface area contributed by atoms with E-state index in [1.807, 2.05) is 12.2 Å². The number of nitrogens with zero attached hydrogens (tertiary/aromatic N) is 5. The molecule has 34 heavy (non-hydrogen) atoms. The first-order valence-electron chi connectivity index (χ1n) is 11.6. The third kappa shape index (κ3) is 4.23. The molecule has 0 bridgehead atoms. The molecule has 8 nitrogen and oxygen atoms in total. The number of esters is 1. The lowest BCUT2D eigenvalue weighted by atomic mass is 9.87. The van der Waals surface area contributed by atoms with Gasteiger partial charge in [0.05, 0.1) is 18.2 Å². The Morgan fingerprint density at radius 3 is 2.79 bits per heavy atom. The topological polar surface area (TPSA) is 103 Å². The molecule has 2 aromatic heterocycles. The summed E-state index contributed by atoms with van der Waals surface area (Å²) in [5, 5.41) is 22.2. The van der Waals surface area contributed by atoms with Crippen LogP contribution in [-0.4, -0.2) is 48.5 Å². The highest BCUT2D eigenvalue weighted by molar-refractivity contribution is 5.84. The van der Waals surface area contributed by atoms with E-state index in [-0.39, 0.29) is 18.2 Å². The molecule has 2 aliphatic rings. The van der Waals surface area contributed by atoms with Gasteiger partial charge in [-0.15, -0.1) is 5.10 Å². The van der Waals surface area contributed by atoms with Gasteiger partial charge in [0.1, 0.15) is 17.6 Å². The van der Waals surface area contributed by atoms with Crippen LogP contribution in [0.3, 0.4) is 0 Å². The normalized spacial score (nSPS) is 20.2. The van der Waals surface area contributed by atoms with E-state index in [9.17, 15) is 14.3 Å². The van der Waals surface area contributed by atoms with Crippen LogP contribution >= 0.6 is 0 Å². The minimum atomic E-state index is -0.721. The van der Waals surface area contributed by atoms with Gasteiger partial charge in [-0.3, -0.25) is 4.79 Å². The largest absolute Gasteiger partial charge is 0.458 e. The number of hydrogen-bond acceptors (Lipinski definition) is 7. The monoisotopic (exact) mass is 463 g/mol. The number of hydrogen-bond donors (Lipinski definition) is 1. The molecule has 176 valence electrons. The van der Waals surface area contributed by atoms with Gasteiger partial charge in [-0.1, -0.05) is 32.1 Å². The number of aryl methyl sites for hydroxylation is 1. The average Bonchev–Trinajstić information content (AvgIpc) is 3.18. The van der Waals surface area contributed by atoms with Crippen molar-refractivity contribution < 1.29 is 19.0 Å². The lowest BCUT2D eigenvalue weighted by Gasteiger charge is -2.24. The van der Waals surface area contributed by atoms with Crippen LogP contribution in [0.4, 0.5) is 4.39 Å². The number of carbonyl (C=O) groups excluding carboxylic acids is 1. The molecule has 2 atom stereocenters. The zero-order valence-corrected chi connectivity index (χ0v) is 19.1. The minimum absolute atomic E-state index is 0.0114. The Balaban J connectivity index is 1.73. The second-order valence-corrected chi connectivity index (χ2v) is 9.08. The molecule has 0 radical (unpaired) electrons. The Labute approximate surface area is 196 Å². The van der Waals surface area contributed by atoms with E-state index in [4.69, 9.17) is 9.72 Å². The van der Waals surface area contributed by atoms with Gasteiger partial charge in [-0.05, 0) is 64.1 Å². The standard InChI is InChI=1S/C25H26FN5O3/c1-14(2)23-20(10-9-18-12-17(32)13-21(33)34-18)22(15-5-7-16(26)8-6-15)19-4-3-11-31-25(24(19)27-23)28-29-30-31/h5-10,14,17-18,32H,3-4,11-13H2,1-2H3/b10-9+/t17-,18-/m1/s1. The zero-order chi connectivity index (χ0) is 23.8. The average molecular weight is 464 g/mol. The smallest absolute Gasteiger partial charge is 0.309 e. The maximum absolute atomic E-state index is 13.8. The lowest BCUT2D eigenvalue weighted by molar-refractivity contribution is -0.156. The van der Waals surface area contributed by atoms with E-state index in [2.05, 4.69) is 29.4 Å². The van der Waals surface area contributed by atoms with Crippen molar-refractivity contribution >= 4 is 12.0 Å². The molecule has 5 rings (SSSR count). The van der Waals surface area contributed by atoms with Gasteiger partial charge in [0.15, 0.2) is 0 Å². The van der Waals surface area contributed by atoms with E-state index in [1.165, 1.54) is 12.1 Å². The zero-order valence-electron chi connectivity index (χ0n) is 19.1. The Bertz CT molecular complexity index is 1250. The molecule has 3 aromatic rings. The predicted octanol–water partition coefficient (Wildman–Crippen LogP) is 3.69. The van der Waals surface area contributed by atoms with E-state index >= 15 is 0 Å². The van der Waals surface area contributed by atoms with Gasteiger partial charge in [-0.2, -0.15) is 0 Å². The number of aromatic nitrogens is 5. The summed E-state index contributed by atoms with van der Waals surface area (Å²) in [5.74, 6) is -0.0332. The van der Waals surface area contributed by atoms with Crippen molar-refractivity contribution in [3.8, 4) is 22.6 Å². The fraction of sp³-hybridized carbons (Fsp3) is 0.400. The Kier molecular flexibility index (Phi) is 5.95. The summed E-state index contributed by atoms with van der Waals surface area (Å²) >= 11 is 0. The molecule has 0 spiro atoms. The summed E-state index contributed by atoms with van der Waals surface area (Å²) in [4.78, 5) is 16.9. The van der Waals surface area contributed by atoms with E-state index < -0.39 is 18.2 Å². The first-order valence-corrected chi connectivity index (χ1v) is 11.6. The Morgan fingerprint density at radius 2 is 2.06 bits per heavy atom. The van der Waals surface area contributed by atoms with Crippen LogP contribution in [0.1, 0.15) is 55.8 Å². The van der Waals surface area contributed by atoms with Crippen LogP contribution in [-0.2, 0) is 22.5 Å². The molecule has 1 aromatic carbocycles. The third-order valence-electron chi connectivity index (χ3n) is 6.25. The molecule has 1 fully saturated rings. The van der Waals surface area contributed by atoms with Crippen molar-refractivity contribution in [1.82, 2.24) is 25.2 Å². The lowest BCUT2D eigenvalue weighted by Crippen LogP contribution is -2.31. The predicted molar refractivity (Wildman–Crippen MR) is 123 cm³/mol. The van der Waals surface area contributed by atoms with Crippen LogP contribution in [0.2, 0.25) is 0 Å². The van der Waals surface area contributed by atoms with Gasteiger partial charge in [-0.25, -0.2) is 14.1 Å². The highest BCUT2D eigenvalue weighted by Gasteiger charge is 2.28. The van der Waals surface area contributed by atoms with Crippen LogP contribution in [0, 0.1) is 5.82 Å². The number of rotatable bonds is 4. The molecular formula is C25H26FN5O3. The molecule has 2 aliphatic heterocycles. The maximum Gasteiger partial charge on any atom is 0.309 e. The highest BCUT2D eigenvalue weighted by Crippen LogP contribution is 2.40. The number of fused-ring (bicyclic) bond motifs is 3. The number of cyclic esters (lactones) is 1. The number of tetrazole rings is 1. The fourth-order valence-electron chi connectivity index (χ4n) is 4.70. The molecule has 0 saturated carbocycles. The minimum Gasteiger partial charge on any atom is -0.458 e. The van der Waals surface area contributed by atoms with Crippen molar-refractivity contribution in [2.45, 2.75) is 64.2 Å². The van der Waals surface area contributed by atoms with E-state index in [1.54, 1.807) is 16.8 Å². The number of aliphatic hydroxyl groups excluding tert-OH is 1. The van der Waals surface area contributed by atoms with E-state index in [0.717, 1.165) is 46.5 Å². The number of ether oxygens (including phenoxy) is 1. The number of pyridine rings is 1. The highest BCUT2D eigenvalue weighted by atomic mass is 19.1. The summed E-state index contributed by atoms with van der Waals surface area (Å²) in [7, 11) is 0. The molecule has 0 aliphatic carbocycles. The van der Waals surface area contributed by atoms with Gasteiger partial charge in [0.25, 0.3) is 0 Å². The fourth-order valence-corrected chi connectivity index (χ4v) is 4.70. The SMILES string of the molecule is CC(C)c1nc2c(c(-c3ccc(F)cc3)c1/C=C/[C@@H]1C[C@@H](O)CC(=O)O1)CCCn1nnnc1-2. The summed E-state index contributed by atoms with van der Waals surface area (Å²) < 4.78 is 21.0. The Hall–Kier alpha value is -3.46. The van der Waals surface area contributed by atoms with Crippen LogP contribution in [0.15, 0.2) is 30.3 Å². The second-order valence-electron chi connectivity index (χ2n) is 9.08. The van der Waals surface area contributed by atoms with Crippen LogP contribution in [0.5, 0.6) is 0 Å². The van der Waals surface area contributed by atoms with Gasteiger partial charge < -0.3 is 9.84 Å². The van der Waals surface area contributed by atoms with Crippen LogP contribution in [0.25, 0.3) is 28.7 Å². The van der Waals surface area contributed by atoms with Crippen molar-refractivity contribution in [3.05, 3.63) is 53.0 Å². The molecule has 0 amide bonds. The van der Waals surface area contributed by atoms with Gasteiger partial charge >= 0.3 is 5.97 Å². The van der Waals surface area contributed by atoms with Crippen molar-refractivity contribution in [1.29, 1.82) is 0 Å². The van der Waals surface area contributed by atoms with Crippen molar-refractivity contribution in [3.63, 3.8) is 0 Å². The first-order chi connectivity index (χ1) is 16.4. The molecule has 1 saturated heterocycles. The van der Waals surface area contributed by atoms with Gasteiger partial charge in [0, 0.05) is 18.5 Å². The third-order valence-corrected chi connectivity index (χ3v) is 6.25. The summed E-state index contributed by atoms with van der Waals surface area (Å²) in [6.07, 6.45) is 4.42. The first kappa shape index (κ1) is 22.3. The molecule has 1 N–H and O–H groups in total. The van der Waals surface area contributed by atoms with Gasteiger partial charge in [0.2, 0.25) is 5.82 Å². The maximum atomic E-state index is 13.8. The molecule has 4 heterocycles. The molecule has 0 unspecified atom stereocenters. The van der Waals surface area contributed by atoms with E-state index in [0.29, 0.717) is 18.8 Å². The molecule has 9 heteroatoms. The number of aliphatic hydroxyl groups is 1. The number of benzene rings is 1. The summed E-state index contributed by atoms with van der Waals surface area (Å²) in [5.41, 5.74) is 5.28. The quantitative estimate of drug-likeness (QED) is 0.589. The van der Waals surface area contributed by atoms with Crippen LogP contribution < -0.4 is 0 Å². The van der Waals surface area contributed by atoms with Crippen molar-refractivity contribution in [2.24, 2.45) is 0 Å². The Morgan fingerprint density at radius 1 is 1.26 bits per heavy atom. The summed E-state index contributed by atoms with van der Waals surface area (Å²) in [6.45, 7) is 4.80.